The zero-order valence-corrected chi connectivity index (χ0v) is 15.5. The molecule has 0 aliphatic carbocycles. The normalized spacial score (nSPS) is 20.2. The number of nitrogens with two attached hydrogens (primary N) is 1. The first-order chi connectivity index (χ1) is 13.8. The van der Waals surface area contributed by atoms with E-state index in [1.54, 1.807) is 6.92 Å². The Morgan fingerprint density at radius 2 is 2.21 bits per heavy atom. The van der Waals surface area contributed by atoms with Crippen molar-refractivity contribution in [1.82, 2.24) is 10.2 Å². The predicted octanol–water partition coefficient (Wildman–Crippen LogP) is 1.51. The third-order valence-electron chi connectivity index (χ3n) is 4.42. The Hall–Kier alpha value is -3.56. The van der Waals surface area contributed by atoms with Crippen molar-refractivity contribution in [2.45, 2.75) is 19.4 Å². The van der Waals surface area contributed by atoms with Crippen molar-refractivity contribution in [1.29, 1.82) is 5.41 Å². The molecule has 0 aromatic heterocycles. The number of ether oxygens (including phenoxy) is 1. The van der Waals surface area contributed by atoms with Gasteiger partial charge in [0, 0.05) is 18.2 Å². The lowest BCUT2D eigenvalue weighted by Gasteiger charge is -2.28. The van der Waals surface area contributed by atoms with Gasteiger partial charge in [-0.2, -0.15) is 0 Å². The van der Waals surface area contributed by atoms with Gasteiger partial charge in [-0.15, -0.1) is 0 Å². The molecule has 1 atom stereocenters. The summed E-state index contributed by atoms with van der Waals surface area (Å²) in [5, 5.41) is 10.4. The number of amidine groups is 2. The van der Waals surface area contributed by atoms with Crippen LogP contribution in [0, 0.1) is 17.0 Å². The van der Waals surface area contributed by atoms with E-state index in [1.807, 2.05) is 0 Å². The van der Waals surface area contributed by atoms with Gasteiger partial charge in [-0.3, -0.25) is 10.2 Å². The van der Waals surface area contributed by atoms with Crippen molar-refractivity contribution in [3.8, 4) is 0 Å². The Labute approximate surface area is 165 Å². The molecule has 10 heteroatoms. The second-order valence-electron chi connectivity index (χ2n) is 6.36. The molecule has 29 heavy (non-hydrogen) atoms. The van der Waals surface area contributed by atoms with Crippen LogP contribution < -0.4 is 11.1 Å². The average Bonchev–Trinajstić information content (AvgIpc) is 3.05. The van der Waals surface area contributed by atoms with Crippen LogP contribution in [0.4, 0.5) is 8.78 Å². The van der Waals surface area contributed by atoms with E-state index in [2.05, 4.69) is 10.3 Å². The minimum absolute atomic E-state index is 0.0167. The number of benzene rings is 1. The molecule has 0 radical (unpaired) electrons. The van der Waals surface area contributed by atoms with E-state index in [-0.39, 0.29) is 48.1 Å². The van der Waals surface area contributed by atoms with Crippen molar-refractivity contribution in [2.24, 2.45) is 10.7 Å². The van der Waals surface area contributed by atoms with E-state index in [0.717, 1.165) is 18.2 Å². The molecular formula is C19H19F2N5O3. The summed E-state index contributed by atoms with van der Waals surface area (Å²) in [5.74, 6) is -2.60. The molecule has 3 rings (SSSR count). The van der Waals surface area contributed by atoms with E-state index in [0.29, 0.717) is 0 Å². The lowest BCUT2D eigenvalue weighted by Crippen LogP contribution is -2.34. The molecule has 1 aromatic rings. The first kappa shape index (κ1) is 20.2. The Morgan fingerprint density at radius 1 is 1.45 bits per heavy atom. The van der Waals surface area contributed by atoms with Gasteiger partial charge in [-0.05, 0) is 31.2 Å². The van der Waals surface area contributed by atoms with Crippen molar-refractivity contribution in [3.05, 3.63) is 59.1 Å². The molecule has 0 spiro atoms. The maximum Gasteiger partial charge on any atom is 0.345 e. The summed E-state index contributed by atoms with van der Waals surface area (Å²) in [6.07, 6.45) is 2.95. The van der Waals surface area contributed by atoms with Crippen LogP contribution in [0.5, 0.6) is 0 Å². The summed E-state index contributed by atoms with van der Waals surface area (Å²) >= 11 is 0. The third-order valence-corrected chi connectivity index (χ3v) is 4.42. The summed E-state index contributed by atoms with van der Waals surface area (Å²) < 4.78 is 32.9. The van der Waals surface area contributed by atoms with Gasteiger partial charge in [-0.25, -0.2) is 18.6 Å². The van der Waals surface area contributed by atoms with Gasteiger partial charge in [0.2, 0.25) is 0 Å². The van der Waals surface area contributed by atoms with Crippen molar-refractivity contribution in [3.63, 3.8) is 0 Å². The van der Waals surface area contributed by atoms with Gasteiger partial charge in [0.1, 0.15) is 28.9 Å². The average molecular weight is 403 g/mol. The highest BCUT2D eigenvalue weighted by Crippen LogP contribution is 2.33. The molecule has 0 saturated carbocycles. The van der Waals surface area contributed by atoms with E-state index in [9.17, 15) is 18.4 Å². The van der Waals surface area contributed by atoms with Crippen molar-refractivity contribution < 1.29 is 23.1 Å². The van der Waals surface area contributed by atoms with Crippen LogP contribution in [-0.2, 0) is 14.3 Å². The number of aliphatic imine (C=N–C) groups is 1. The number of hydrogen-bond donors (Lipinski definition) is 3. The van der Waals surface area contributed by atoms with Crippen LogP contribution in [0.3, 0.4) is 0 Å². The number of hydrogen-bond acceptors (Lipinski definition) is 7. The molecule has 2 heterocycles. The quantitative estimate of drug-likeness (QED) is 0.303. The molecule has 2 aliphatic heterocycles. The molecule has 1 saturated heterocycles. The smallest absolute Gasteiger partial charge is 0.345 e. The SMILES string of the molecule is CCOC(=O)/C(C(=N)N)=C1\N=C(N2CC(=O)CC2c2cc(F)ccc2F)C=CN1. The number of carbonyl (C=O) groups excluding carboxylic acids is 2. The number of carbonyl (C=O) groups is 2. The van der Waals surface area contributed by atoms with E-state index in [1.165, 1.54) is 17.2 Å². The Bertz CT molecular complexity index is 971. The van der Waals surface area contributed by atoms with Crippen LogP contribution in [0.1, 0.15) is 24.9 Å². The van der Waals surface area contributed by atoms with Gasteiger partial charge in [0.05, 0.1) is 19.2 Å². The molecule has 4 N–H and O–H groups in total. The highest BCUT2D eigenvalue weighted by molar-refractivity contribution is 6.18. The standard InChI is InChI=1S/C19H19F2N5O3/c1-2-29-19(28)16(17(22)23)18-24-6-5-15(25-18)26-9-11(27)8-14(26)12-7-10(20)3-4-13(12)21/h3-7,14,24H,2,8-9H2,1H3,(H3,22,23)/b18-16-. The molecule has 2 aliphatic rings. The topological polar surface area (TPSA) is 121 Å². The van der Waals surface area contributed by atoms with Crippen LogP contribution in [-0.4, -0.2) is 41.5 Å². The van der Waals surface area contributed by atoms with E-state index in [4.69, 9.17) is 15.9 Å². The number of nitrogens with one attached hydrogen (secondary N) is 2. The molecule has 8 nitrogen and oxygen atoms in total. The Morgan fingerprint density at radius 3 is 2.90 bits per heavy atom. The molecule has 1 fully saturated rings. The number of Topliss-reactive ketones (excluding diaryl/α,β-unsaturated/α-hetero) is 1. The fraction of sp³-hybridized carbons (Fsp3) is 0.263. The zero-order chi connectivity index (χ0) is 21.1. The molecule has 1 aromatic carbocycles. The van der Waals surface area contributed by atoms with Gasteiger partial charge >= 0.3 is 5.97 Å². The number of nitrogens with zero attached hydrogens (tertiary/aromatic N) is 2. The number of esters is 1. The maximum atomic E-state index is 14.3. The lowest BCUT2D eigenvalue weighted by atomic mass is 10.0. The minimum atomic E-state index is -0.828. The summed E-state index contributed by atoms with van der Waals surface area (Å²) in [6, 6.07) is 2.30. The highest BCUT2D eigenvalue weighted by atomic mass is 19.1. The lowest BCUT2D eigenvalue weighted by molar-refractivity contribution is -0.138. The number of halogens is 2. The van der Waals surface area contributed by atoms with Crippen molar-refractivity contribution in [2.75, 3.05) is 13.2 Å². The molecule has 0 amide bonds. The number of rotatable bonds is 4. The third kappa shape index (κ3) is 4.15. The fourth-order valence-corrected chi connectivity index (χ4v) is 3.18. The largest absolute Gasteiger partial charge is 0.462 e. The van der Waals surface area contributed by atoms with Crippen molar-refractivity contribution >= 4 is 23.4 Å². The Balaban J connectivity index is 2.03. The molecule has 152 valence electrons. The summed E-state index contributed by atoms with van der Waals surface area (Å²) in [4.78, 5) is 30.0. The van der Waals surface area contributed by atoms with Gasteiger partial charge in [-0.1, -0.05) is 0 Å². The number of likely N-dealkylation sites (tertiary alicyclic amines) is 1. The second kappa shape index (κ2) is 8.21. The first-order valence-electron chi connectivity index (χ1n) is 8.82. The van der Waals surface area contributed by atoms with Crippen LogP contribution in [0.25, 0.3) is 0 Å². The van der Waals surface area contributed by atoms with Crippen LogP contribution >= 0.6 is 0 Å². The maximum absolute atomic E-state index is 14.3. The van der Waals surface area contributed by atoms with E-state index < -0.39 is 29.5 Å². The molecule has 1 unspecified atom stereocenters. The molecular weight excluding hydrogens is 384 g/mol. The summed E-state index contributed by atoms with van der Waals surface area (Å²) in [5.41, 5.74) is 5.27. The first-order valence-corrected chi connectivity index (χ1v) is 8.82. The zero-order valence-electron chi connectivity index (χ0n) is 15.5. The summed E-state index contributed by atoms with van der Waals surface area (Å²) in [6.45, 7) is 1.62. The van der Waals surface area contributed by atoms with Crippen LogP contribution in [0.15, 0.2) is 46.9 Å². The predicted molar refractivity (Wildman–Crippen MR) is 101 cm³/mol. The summed E-state index contributed by atoms with van der Waals surface area (Å²) in [7, 11) is 0. The fourth-order valence-electron chi connectivity index (χ4n) is 3.18. The van der Waals surface area contributed by atoms with Gasteiger partial charge < -0.3 is 20.7 Å². The van der Waals surface area contributed by atoms with E-state index >= 15 is 0 Å². The molecule has 0 bridgehead atoms. The van der Waals surface area contributed by atoms with Gasteiger partial charge in [0.25, 0.3) is 0 Å². The Kier molecular flexibility index (Phi) is 5.71. The van der Waals surface area contributed by atoms with Gasteiger partial charge in [0.15, 0.2) is 11.6 Å². The second-order valence-corrected chi connectivity index (χ2v) is 6.36. The number of ketones is 1. The van der Waals surface area contributed by atoms with Crippen LogP contribution in [0.2, 0.25) is 0 Å². The monoisotopic (exact) mass is 403 g/mol. The highest BCUT2D eigenvalue weighted by Gasteiger charge is 2.36. The minimum Gasteiger partial charge on any atom is -0.462 e.